The zero-order valence-electron chi connectivity index (χ0n) is 5.94. The molecule has 0 aliphatic carbocycles. The third-order valence-corrected chi connectivity index (χ3v) is 1.36. The molecule has 2 heteroatoms. The summed E-state index contributed by atoms with van der Waals surface area (Å²) in [5.74, 6) is 0. The molecule has 8 heavy (non-hydrogen) atoms. The first-order valence-electron chi connectivity index (χ1n) is 3.17. The number of hydrogen-bond donors (Lipinski definition) is 0. The Labute approximate surface area is 51.7 Å². The van der Waals surface area contributed by atoms with Gasteiger partial charge in [-0.05, 0) is 20.0 Å². The molecule has 0 aromatic carbocycles. The van der Waals surface area contributed by atoms with Crippen LogP contribution in [0.15, 0.2) is 0 Å². The van der Waals surface area contributed by atoms with E-state index >= 15 is 0 Å². The van der Waals surface area contributed by atoms with Gasteiger partial charge in [0.05, 0.1) is 6.17 Å². The maximum Gasteiger partial charge on any atom is 0.0700 e. The van der Waals surface area contributed by atoms with E-state index in [1.807, 2.05) is 6.92 Å². The molecule has 0 aliphatic heterocycles. The van der Waals surface area contributed by atoms with Crippen LogP contribution in [-0.2, 0) is 0 Å². The van der Waals surface area contributed by atoms with Crippen molar-refractivity contribution >= 4 is 0 Å². The summed E-state index contributed by atoms with van der Waals surface area (Å²) in [6.45, 7) is 8.03. The smallest absolute Gasteiger partial charge is 0.0700 e. The van der Waals surface area contributed by atoms with Crippen molar-refractivity contribution in [3.63, 3.8) is 0 Å². The van der Waals surface area contributed by atoms with Crippen LogP contribution in [0.2, 0.25) is 0 Å². The van der Waals surface area contributed by atoms with Crippen LogP contribution in [0.1, 0.15) is 20.8 Å². The number of nitrogens with one attached hydrogen (secondary N) is 1. The average molecular weight is 115 g/mol. The lowest BCUT2D eigenvalue weighted by Crippen LogP contribution is -2.33. The van der Waals surface area contributed by atoms with Gasteiger partial charge in [0, 0.05) is 0 Å². The largest absolute Gasteiger partial charge is 0.288 e. The van der Waals surface area contributed by atoms with Gasteiger partial charge in [-0.15, -0.1) is 0 Å². The Morgan fingerprint density at radius 2 is 1.75 bits per heavy atom. The van der Waals surface area contributed by atoms with Crippen molar-refractivity contribution in [2.45, 2.75) is 26.9 Å². The summed E-state index contributed by atoms with van der Waals surface area (Å²) < 4.78 is 0. The summed E-state index contributed by atoms with van der Waals surface area (Å²) in [4.78, 5) is 2.08. The summed E-state index contributed by atoms with van der Waals surface area (Å²) >= 11 is 0. The van der Waals surface area contributed by atoms with Crippen LogP contribution < -0.4 is 5.73 Å². The lowest BCUT2D eigenvalue weighted by Gasteiger charge is -2.20. The molecule has 0 aliphatic rings. The molecule has 0 fully saturated rings. The van der Waals surface area contributed by atoms with Gasteiger partial charge >= 0.3 is 0 Å². The SMILES string of the molecule is CCN(CC)C(C)[NH]. The molecule has 0 saturated carbocycles. The van der Waals surface area contributed by atoms with Gasteiger partial charge in [0.15, 0.2) is 0 Å². The zero-order chi connectivity index (χ0) is 6.57. The Balaban J connectivity index is 3.35. The summed E-state index contributed by atoms with van der Waals surface area (Å²) in [6, 6.07) is 0. The minimum atomic E-state index is -0.0370. The first-order chi connectivity index (χ1) is 3.72. The van der Waals surface area contributed by atoms with Crippen LogP contribution in [0.4, 0.5) is 0 Å². The lowest BCUT2D eigenvalue weighted by atomic mass is 10.4. The Kier molecular flexibility index (Phi) is 3.83. The molecule has 0 aromatic rings. The third-order valence-electron chi connectivity index (χ3n) is 1.36. The van der Waals surface area contributed by atoms with Gasteiger partial charge in [-0.3, -0.25) is 4.90 Å². The van der Waals surface area contributed by atoms with Gasteiger partial charge < -0.3 is 0 Å². The standard InChI is InChI=1S/C6H15N2/c1-4-8(5-2)6(3)7/h6-7H,4-5H2,1-3H3. The second-order valence-corrected chi connectivity index (χ2v) is 1.90. The van der Waals surface area contributed by atoms with E-state index in [2.05, 4.69) is 18.7 Å². The molecule has 0 spiro atoms. The first kappa shape index (κ1) is 7.92. The van der Waals surface area contributed by atoms with E-state index in [-0.39, 0.29) is 6.17 Å². The van der Waals surface area contributed by atoms with Crippen LogP contribution in [0.5, 0.6) is 0 Å². The Morgan fingerprint density at radius 3 is 1.75 bits per heavy atom. The van der Waals surface area contributed by atoms with Gasteiger partial charge in [0.25, 0.3) is 0 Å². The molecule has 1 unspecified atom stereocenters. The van der Waals surface area contributed by atoms with Gasteiger partial charge in [-0.25, -0.2) is 5.73 Å². The molecule has 49 valence electrons. The van der Waals surface area contributed by atoms with E-state index < -0.39 is 0 Å². The fourth-order valence-electron chi connectivity index (χ4n) is 0.771. The fraction of sp³-hybridized carbons (Fsp3) is 1.00. The highest BCUT2D eigenvalue weighted by Gasteiger charge is 2.01. The van der Waals surface area contributed by atoms with Gasteiger partial charge in [0.1, 0.15) is 0 Å². The molecule has 1 N–H and O–H groups in total. The van der Waals surface area contributed by atoms with Crippen molar-refractivity contribution in [3.05, 3.63) is 0 Å². The zero-order valence-corrected chi connectivity index (χ0v) is 5.94. The highest BCUT2D eigenvalue weighted by Crippen LogP contribution is 1.90. The predicted molar refractivity (Wildman–Crippen MR) is 35.5 cm³/mol. The quantitative estimate of drug-likeness (QED) is 0.538. The monoisotopic (exact) mass is 115 g/mol. The molecular weight excluding hydrogens is 100 g/mol. The molecule has 0 bridgehead atoms. The second-order valence-electron chi connectivity index (χ2n) is 1.90. The van der Waals surface area contributed by atoms with E-state index in [4.69, 9.17) is 5.73 Å². The fourth-order valence-corrected chi connectivity index (χ4v) is 0.771. The van der Waals surface area contributed by atoms with Crippen LogP contribution in [0, 0.1) is 0 Å². The number of nitrogens with zero attached hydrogens (tertiary/aromatic N) is 1. The topological polar surface area (TPSA) is 27.0 Å². The molecule has 0 amide bonds. The molecule has 0 aromatic heterocycles. The molecule has 1 atom stereocenters. The van der Waals surface area contributed by atoms with Crippen LogP contribution in [0.3, 0.4) is 0 Å². The summed E-state index contributed by atoms with van der Waals surface area (Å²) in [5, 5.41) is 0. The Morgan fingerprint density at radius 1 is 1.38 bits per heavy atom. The van der Waals surface area contributed by atoms with E-state index in [9.17, 15) is 0 Å². The maximum atomic E-state index is 7.26. The first-order valence-corrected chi connectivity index (χ1v) is 3.17. The molecule has 0 saturated heterocycles. The summed E-state index contributed by atoms with van der Waals surface area (Å²) in [6.07, 6.45) is -0.0370. The van der Waals surface area contributed by atoms with E-state index in [1.165, 1.54) is 0 Å². The van der Waals surface area contributed by atoms with Crippen molar-refractivity contribution in [1.29, 1.82) is 0 Å². The summed E-state index contributed by atoms with van der Waals surface area (Å²) in [5.41, 5.74) is 7.26. The van der Waals surface area contributed by atoms with Crippen molar-refractivity contribution in [3.8, 4) is 0 Å². The Bertz CT molecular complexity index is 48.5. The van der Waals surface area contributed by atoms with Crippen molar-refractivity contribution < 1.29 is 0 Å². The van der Waals surface area contributed by atoms with Crippen molar-refractivity contribution in [2.75, 3.05) is 13.1 Å². The molecule has 0 rings (SSSR count). The highest BCUT2D eigenvalue weighted by atomic mass is 15.2. The van der Waals surface area contributed by atoms with Gasteiger partial charge in [0.2, 0.25) is 0 Å². The predicted octanol–water partition coefficient (Wildman–Crippen LogP) is 0.957. The minimum Gasteiger partial charge on any atom is -0.288 e. The lowest BCUT2D eigenvalue weighted by molar-refractivity contribution is 0.230. The van der Waals surface area contributed by atoms with Crippen molar-refractivity contribution in [1.82, 2.24) is 10.6 Å². The molecule has 0 heterocycles. The van der Waals surface area contributed by atoms with Crippen LogP contribution >= 0.6 is 0 Å². The second kappa shape index (κ2) is 3.87. The highest BCUT2D eigenvalue weighted by molar-refractivity contribution is 4.53. The Hall–Kier alpha value is -0.0800. The van der Waals surface area contributed by atoms with Gasteiger partial charge in [-0.2, -0.15) is 0 Å². The maximum absolute atomic E-state index is 7.26. The van der Waals surface area contributed by atoms with Crippen LogP contribution in [-0.4, -0.2) is 24.2 Å². The van der Waals surface area contributed by atoms with E-state index in [1.54, 1.807) is 0 Å². The number of rotatable bonds is 3. The van der Waals surface area contributed by atoms with Crippen LogP contribution in [0.25, 0.3) is 0 Å². The average Bonchev–Trinajstić information content (AvgIpc) is 1.69. The van der Waals surface area contributed by atoms with E-state index in [0.29, 0.717) is 0 Å². The third kappa shape index (κ3) is 2.28. The molecule has 2 nitrogen and oxygen atoms in total. The van der Waals surface area contributed by atoms with Crippen molar-refractivity contribution in [2.24, 2.45) is 0 Å². The van der Waals surface area contributed by atoms with E-state index in [0.717, 1.165) is 13.1 Å². The minimum absolute atomic E-state index is 0.0370. The molecular formula is C6H15N2. The number of hydrogen-bond acceptors (Lipinski definition) is 1. The van der Waals surface area contributed by atoms with Gasteiger partial charge in [-0.1, -0.05) is 13.8 Å². The normalized spacial score (nSPS) is 14.6. The summed E-state index contributed by atoms with van der Waals surface area (Å²) in [7, 11) is 0. The molecule has 1 radical (unpaired) electrons.